The Hall–Kier alpha value is -4.91. The number of para-hydroxylation sites is 2. The van der Waals surface area contributed by atoms with E-state index in [4.69, 9.17) is 0 Å². The smallest absolute Gasteiger partial charge is 0.258 e. The number of anilines is 2. The topological polar surface area (TPSA) is 85.5 Å². The molecular formula is C35H34N4O3. The van der Waals surface area contributed by atoms with Gasteiger partial charge in [-0.05, 0) is 71.6 Å². The van der Waals surface area contributed by atoms with Crippen molar-refractivity contribution in [1.29, 1.82) is 0 Å². The molecule has 0 unspecified atom stereocenters. The lowest BCUT2D eigenvalue weighted by Crippen LogP contribution is -2.53. The summed E-state index contributed by atoms with van der Waals surface area (Å²) in [5, 5.41) is 6.08. The number of benzene rings is 4. The van der Waals surface area contributed by atoms with Crippen LogP contribution in [0.5, 0.6) is 0 Å². The molecule has 7 nitrogen and oxygen atoms in total. The number of amides is 3. The van der Waals surface area contributed by atoms with E-state index in [9.17, 15) is 14.4 Å². The number of rotatable bonds is 6. The maximum Gasteiger partial charge on any atom is 0.258 e. The van der Waals surface area contributed by atoms with E-state index in [-0.39, 0.29) is 30.2 Å². The number of aromatic nitrogens is 1. The molecule has 0 saturated carbocycles. The highest BCUT2D eigenvalue weighted by molar-refractivity contribution is 6.13. The second-order valence-electron chi connectivity index (χ2n) is 11.1. The van der Waals surface area contributed by atoms with Crippen LogP contribution >= 0.6 is 0 Å². The van der Waals surface area contributed by atoms with Gasteiger partial charge in [0.15, 0.2) is 0 Å². The normalized spacial score (nSPS) is 15.9. The quantitative estimate of drug-likeness (QED) is 0.255. The number of nitrogens with one attached hydrogen (secondary N) is 2. The van der Waals surface area contributed by atoms with Gasteiger partial charge in [0.2, 0.25) is 5.91 Å². The lowest BCUT2D eigenvalue weighted by molar-refractivity contribution is -0.129. The molecule has 3 amide bonds. The Bertz CT molecular complexity index is 1820. The average molecular weight is 559 g/mol. The van der Waals surface area contributed by atoms with E-state index < -0.39 is 6.04 Å². The van der Waals surface area contributed by atoms with Crippen molar-refractivity contribution in [3.05, 3.63) is 108 Å². The monoisotopic (exact) mass is 558 g/mol. The number of carbonyl (C=O) groups excluding carboxylic acids is 3. The van der Waals surface area contributed by atoms with E-state index in [1.807, 2.05) is 81.6 Å². The number of aromatic amines is 1. The molecule has 0 aliphatic carbocycles. The molecule has 42 heavy (non-hydrogen) atoms. The van der Waals surface area contributed by atoms with Gasteiger partial charge < -0.3 is 20.1 Å². The summed E-state index contributed by atoms with van der Waals surface area (Å²) in [5.74, 6) is -0.950. The second-order valence-corrected chi connectivity index (χ2v) is 11.1. The fraction of sp³-hybridized carbons (Fsp3) is 0.229. The minimum absolute atomic E-state index is 0.0209. The standard InChI is InChI=1S/C35H34N4O3/c1-4-22(2)33(40)37-30-21-39(34(41)26-15-16-29-25(19-26)17-18-36-29)32-12-8-7-11-31(32)38(35(30)42)20-28-23(3)13-14-24-9-5-6-10-27(24)28/h5-19,22,30,36H,4,20-21H2,1-3H3,(H,37,40)/t22-,30+/m1/s1. The first kappa shape index (κ1) is 27.3. The van der Waals surface area contributed by atoms with Crippen LogP contribution in [-0.2, 0) is 16.1 Å². The van der Waals surface area contributed by atoms with Crippen molar-refractivity contribution in [1.82, 2.24) is 10.3 Å². The highest BCUT2D eigenvalue weighted by Gasteiger charge is 2.38. The van der Waals surface area contributed by atoms with Crippen molar-refractivity contribution in [3.63, 3.8) is 0 Å². The summed E-state index contributed by atoms with van der Waals surface area (Å²) in [6, 6.07) is 26.3. The average Bonchev–Trinajstić information content (AvgIpc) is 3.46. The molecule has 0 fully saturated rings. The fourth-order valence-corrected chi connectivity index (χ4v) is 5.70. The first-order chi connectivity index (χ1) is 20.4. The van der Waals surface area contributed by atoms with E-state index >= 15 is 0 Å². The van der Waals surface area contributed by atoms with Crippen LogP contribution in [0.25, 0.3) is 21.7 Å². The van der Waals surface area contributed by atoms with Crippen molar-refractivity contribution < 1.29 is 14.4 Å². The zero-order valence-corrected chi connectivity index (χ0v) is 24.1. The van der Waals surface area contributed by atoms with E-state index in [1.54, 1.807) is 15.9 Å². The van der Waals surface area contributed by atoms with Gasteiger partial charge >= 0.3 is 0 Å². The number of carbonyl (C=O) groups is 3. The van der Waals surface area contributed by atoms with Crippen molar-refractivity contribution in [2.24, 2.45) is 5.92 Å². The van der Waals surface area contributed by atoms with Crippen molar-refractivity contribution in [2.45, 2.75) is 39.8 Å². The van der Waals surface area contributed by atoms with Gasteiger partial charge in [0, 0.05) is 28.6 Å². The van der Waals surface area contributed by atoms with Gasteiger partial charge in [-0.3, -0.25) is 14.4 Å². The molecule has 0 saturated heterocycles. The Morgan fingerprint density at radius 2 is 1.71 bits per heavy atom. The number of fused-ring (bicyclic) bond motifs is 3. The molecule has 0 bridgehead atoms. The molecule has 2 atom stereocenters. The molecule has 7 heteroatoms. The highest BCUT2D eigenvalue weighted by atomic mass is 16.2. The van der Waals surface area contributed by atoms with Gasteiger partial charge in [-0.15, -0.1) is 0 Å². The van der Waals surface area contributed by atoms with Crippen LogP contribution in [0.15, 0.2) is 91.1 Å². The predicted molar refractivity (Wildman–Crippen MR) is 168 cm³/mol. The van der Waals surface area contributed by atoms with Crippen LogP contribution in [0.1, 0.15) is 41.8 Å². The summed E-state index contributed by atoms with van der Waals surface area (Å²) in [5.41, 5.74) is 4.80. The molecule has 2 heterocycles. The first-order valence-electron chi connectivity index (χ1n) is 14.4. The SMILES string of the molecule is CC[C@@H](C)C(=O)N[C@H]1CN(C(=O)c2ccc3[nH]ccc3c2)c2ccccc2N(Cc2c(C)ccc3ccccc23)C1=O. The Labute approximate surface area is 245 Å². The van der Waals surface area contributed by atoms with Crippen LogP contribution in [-0.4, -0.2) is 35.3 Å². The van der Waals surface area contributed by atoms with Crippen LogP contribution in [0, 0.1) is 12.8 Å². The zero-order valence-electron chi connectivity index (χ0n) is 24.1. The lowest BCUT2D eigenvalue weighted by Gasteiger charge is -2.27. The first-order valence-corrected chi connectivity index (χ1v) is 14.4. The van der Waals surface area contributed by atoms with Gasteiger partial charge in [-0.25, -0.2) is 0 Å². The van der Waals surface area contributed by atoms with Gasteiger partial charge in [0.25, 0.3) is 11.8 Å². The molecule has 4 aromatic carbocycles. The Morgan fingerprint density at radius 1 is 0.952 bits per heavy atom. The molecule has 1 aliphatic rings. The number of nitrogens with zero attached hydrogens (tertiary/aromatic N) is 2. The van der Waals surface area contributed by atoms with Gasteiger partial charge in [0.1, 0.15) is 6.04 Å². The molecule has 1 aromatic heterocycles. The van der Waals surface area contributed by atoms with Gasteiger partial charge in [-0.2, -0.15) is 0 Å². The second kappa shape index (κ2) is 11.2. The number of hydrogen-bond donors (Lipinski definition) is 2. The third-order valence-electron chi connectivity index (χ3n) is 8.41. The summed E-state index contributed by atoms with van der Waals surface area (Å²) in [6.07, 6.45) is 2.48. The largest absolute Gasteiger partial charge is 0.361 e. The molecule has 5 aromatic rings. The van der Waals surface area contributed by atoms with Crippen LogP contribution in [0.4, 0.5) is 11.4 Å². The van der Waals surface area contributed by atoms with E-state index in [2.05, 4.69) is 34.6 Å². The Kier molecular flexibility index (Phi) is 7.25. The van der Waals surface area contributed by atoms with E-state index in [0.29, 0.717) is 29.9 Å². The number of aryl methyl sites for hydroxylation is 1. The van der Waals surface area contributed by atoms with Crippen LogP contribution in [0.2, 0.25) is 0 Å². The molecule has 212 valence electrons. The maximum atomic E-state index is 14.4. The molecule has 1 aliphatic heterocycles. The third-order valence-corrected chi connectivity index (χ3v) is 8.41. The Balaban J connectivity index is 1.47. The summed E-state index contributed by atoms with van der Waals surface area (Å²) < 4.78 is 0. The predicted octanol–water partition coefficient (Wildman–Crippen LogP) is 6.35. The highest BCUT2D eigenvalue weighted by Crippen LogP contribution is 2.36. The zero-order chi connectivity index (χ0) is 29.4. The number of hydrogen-bond acceptors (Lipinski definition) is 3. The van der Waals surface area contributed by atoms with E-state index in [0.717, 1.165) is 32.8 Å². The van der Waals surface area contributed by atoms with E-state index in [1.165, 1.54) is 0 Å². The maximum absolute atomic E-state index is 14.4. The molecule has 0 radical (unpaired) electrons. The summed E-state index contributed by atoms with van der Waals surface area (Å²) >= 11 is 0. The third kappa shape index (κ3) is 4.91. The van der Waals surface area contributed by atoms with Crippen LogP contribution < -0.4 is 15.1 Å². The van der Waals surface area contributed by atoms with Gasteiger partial charge in [-0.1, -0.05) is 62.4 Å². The molecular weight excluding hydrogens is 524 g/mol. The van der Waals surface area contributed by atoms with Crippen molar-refractivity contribution in [3.8, 4) is 0 Å². The van der Waals surface area contributed by atoms with Gasteiger partial charge in [0.05, 0.1) is 24.5 Å². The molecule has 6 rings (SSSR count). The van der Waals surface area contributed by atoms with Crippen molar-refractivity contribution in [2.75, 3.05) is 16.3 Å². The Morgan fingerprint density at radius 3 is 2.52 bits per heavy atom. The molecule has 0 spiro atoms. The minimum atomic E-state index is -0.922. The van der Waals surface area contributed by atoms with Crippen molar-refractivity contribution >= 4 is 50.8 Å². The fourth-order valence-electron chi connectivity index (χ4n) is 5.70. The molecule has 2 N–H and O–H groups in total. The lowest BCUT2D eigenvalue weighted by atomic mass is 9.99. The summed E-state index contributed by atoms with van der Waals surface area (Å²) in [6.45, 7) is 6.16. The minimum Gasteiger partial charge on any atom is -0.361 e. The number of H-pyrrole nitrogens is 1. The van der Waals surface area contributed by atoms with Crippen LogP contribution in [0.3, 0.4) is 0 Å². The summed E-state index contributed by atoms with van der Waals surface area (Å²) in [4.78, 5) is 48.3. The summed E-state index contributed by atoms with van der Waals surface area (Å²) in [7, 11) is 0.